The average molecular weight is 285 g/mol. The lowest BCUT2D eigenvalue weighted by atomic mass is 9.73. The normalized spacial score (nSPS) is 52.3. The van der Waals surface area contributed by atoms with Gasteiger partial charge in [-0.3, -0.25) is 0 Å². The molecular weight excluding hydrogens is 264 g/mol. The number of hydrogen-bond donors (Lipinski definition) is 0. The first-order chi connectivity index (χ1) is 8.68. The van der Waals surface area contributed by atoms with Gasteiger partial charge >= 0.3 is 7.87 Å². The number of allylic oxidation sites excluding steroid dienone is 2. The van der Waals surface area contributed by atoms with Crippen molar-refractivity contribution in [3.05, 3.63) is 12.2 Å². The van der Waals surface area contributed by atoms with E-state index in [1.54, 1.807) is 14.2 Å². The van der Waals surface area contributed by atoms with Gasteiger partial charge in [0.1, 0.15) is 0 Å². The molecule has 7 unspecified atom stereocenters. The third-order valence-corrected chi connectivity index (χ3v) is 10.7. The molecule has 18 heavy (non-hydrogen) atoms. The molecule has 4 aliphatic rings. The number of hydrogen-bond acceptors (Lipinski definition) is 2. The molecule has 0 N–H and O–H groups in total. The Morgan fingerprint density at radius 3 is 2.33 bits per heavy atom. The standard InChI is InChI=1S/C14H21ClO2Si/c1-16-18(15,17-2)12-7-10-6-11(12)14-9-4-3-8(5-9)13(10)14/h3-4,8-14H,5-7H2,1-2H3. The molecule has 4 rings (SSSR count). The predicted octanol–water partition coefficient (Wildman–Crippen LogP) is 3.31. The number of fused-ring (bicyclic) bond motifs is 9. The Labute approximate surface area is 115 Å². The maximum atomic E-state index is 6.68. The third-order valence-electron chi connectivity index (χ3n) is 6.27. The van der Waals surface area contributed by atoms with Gasteiger partial charge in [-0.2, -0.15) is 0 Å². The summed E-state index contributed by atoms with van der Waals surface area (Å²) < 4.78 is 11.2. The molecule has 0 aromatic carbocycles. The zero-order chi connectivity index (χ0) is 12.5. The monoisotopic (exact) mass is 284 g/mol. The molecule has 3 fully saturated rings. The zero-order valence-electron chi connectivity index (χ0n) is 11.0. The van der Waals surface area contributed by atoms with Gasteiger partial charge in [0.05, 0.1) is 0 Å². The Kier molecular flexibility index (Phi) is 2.55. The van der Waals surface area contributed by atoms with E-state index < -0.39 is 7.87 Å². The molecule has 4 bridgehead atoms. The van der Waals surface area contributed by atoms with Crippen LogP contribution in [0.5, 0.6) is 0 Å². The Balaban J connectivity index is 1.64. The fourth-order valence-electron chi connectivity index (χ4n) is 5.80. The van der Waals surface area contributed by atoms with E-state index in [9.17, 15) is 0 Å². The minimum atomic E-state index is -2.46. The van der Waals surface area contributed by atoms with Crippen molar-refractivity contribution in [2.45, 2.75) is 24.8 Å². The molecule has 0 saturated heterocycles. The van der Waals surface area contributed by atoms with Gasteiger partial charge < -0.3 is 8.85 Å². The Morgan fingerprint density at radius 1 is 1.00 bits per heavy atom. The summed E-state index contributed by atoms with van der Waals surface area (Å²) in [4.78, 5) is 0. The molecule has 0 aromatic rings. The Morgan fingerprint density at radius 2 is 1.67 bits per heavy atom. The lowest BCUT2D eigenvalue weighted by molar-refractivity contribution is 0.169. The first-order valence-corrected chi connectivity index (χ1v) is 10.1. The Hall–Kier alpha value is 0.167. The smallest absolute Gasteiger partial charge is 0.386 e. The minimum Gasteiger partial charge on any atom is -0.386 e. The summed E-state index contributed by atoms with van der Waals surface area (Å²) in [5.41, 5.74) is 0.508. The van der Waals surface area contributed by atoms with E-state index in [4.69, 9.17) is 19.9 Å². The van der Waals surface area contributed by atoms with Gasteiger partial charge in [-0.1, -0.05) is 23.2 Å². The van der Waals surface area contributed by atoms with Crippen LogP contribution in [-0.2, 0) is 8.85 Å². The van der Waals surface area contributed by atoms with Gasteiger partial charge in [0.2, 0.25) is 0 Å². The van der Waals surface area contributed by atoms with Crippen LogP contribution in [0.4, 0.5) is 0 Å². The molecule has 0 heterocycles. The fourth-order valence-corrected chi connectivity index (χ4v) is 8.78. The van der Waals surface area contributed by atoms with E-state index in [-0.39, 0.29) is 0 Å². The molecule has 100 valence electrons. The predicted molar refractivity (Wildman–Crippen MR) is 73.3 cm³/mol. The van der Waals surface area contributed by atoms with E-state index >= 15 is 0 Å². The van der Waals surface area contributed by atoms with Crippen molar-refractivity contribution in [3.8, 4) is 0 Å². The second-order valence-corrected chi connectivity index (χ2v) is 10.9. The van der Waals surface area contributed by atoms with E-state index in [1.165, 1.54) is 19.3 Å². The van der Waals surface area contributed by atoms with Crippen LogP contribution in [0, 0.1) is 35.5 Å². The molecule has 0 amide bonds. The van der Waals surface area contributed by atoms with Gasteiger partial charge in [0.15, 0.2) is 0 Å². The molecular formula is C14H21ClO2Si. The van der Waals surface area contributed by atoms with Gasteiger partial charge in [-0.15, -0.1) is 0 Å². The summed E-state index contributed by atoms with van der Waals surface area (Å²) >= 11 is 6.68. The highest BCUT2D eigenvalue weighted by Crippen LogP contribution is 2.70. The van der Waals surface area contributed by atoms with Crippen LogP contribution in [0.15, 0.2) is 12.2 Å². The first-order valence-electron chi connectivity index (χ1n) is 7.15. The highest BCUT2D eigenvalue weighted by Gasteiger charge is 2.66. The van der Waals surface area contributed by atoms with Crippen LogP contribution < -0.4 is 0 Å². The zero-order valence-corrected chi connectivity index (χ0v) is 12.8. The van der Waals surface area contributed by atoms with E-state index in [0.717, 1.165) is 35.5 Å². The summed E-state index contributed by atoms with van der Waals surface area (Å²) in [5.74, 6) is 5.23. The summed E-state index contributed by atoms with van der Waals surface area (Å²) in [6, 6.07) is 0. The molecule has 4 aliphatic carbocycles. The summed E-state index contributed by atoms with van der Waals surface area (Å²) in [5, 5.41) is 0. The molecule has 0 spiro atoms. The van der Waals surface area contributed by atoms with Crippen molar-refractivity contribution < 1.29 is 8.85 Å². The third kappa shape index (κ3) is 1.32. The highest BCUT2D eigenvalue weighted by atomic mass is 35.6. The van der Waals surface area contributed by atoms with Crippen molar-refractivity contribution in [2.24, 2.45) is 35.5 Å². The fraction of sp³-hybridized carbons (Fsp3) is 0.857. The van der Waals surface area contributed by atoms with Gasteiger partial charge in [0.25, 0.3) is 0 Å². The molecule has 3 saturated carbocycles. The van der Waals surface area contributed by atoms with Crippen LogP contribution in [0.2, 0.25) is 5.54 Å². The van der Waals surface area contributed by atoms with Crippen molar-refractivity contribution in [2.75, 3.05) is 14.2 Å². The molecule has 0 aromatic heterocycles. The summed E-state index contributed by atoms with van der Waals surface area (Å²) in [7, 11) is 1.00. The Bertz CT molecular complexity index is 395. The topological polar surface area (TPSA) is 18.5 Å². The quantitative estimate of drug-likeness (QED) is 0.343. The first kappa shape index (κ1) is 11.9. The second-order valence-electron chi connectivity index (χ2n) is 6.60. The van der Waals surface area contributed by atoms with Crippen molar-refractivity contribution in [1.29, 1.82) is 0 Å². The van der Waals surface area contributed by atoms with Crippen LogP contribution in [-0.4, -0.2) is 22.1 Å². The van der Waals surface area contributed by atoms with E-state index in [2.05, 4.69) is 12.2 Å². The lowest BCUT2D eigenvalue weighted by Gasteiger charge is -2.40. The average Bonchev–Trinajstić information content (AvgIpc) is 3.13. The highest BCUT2D eigenvalue weighted by molar-refractivity contribution is 7.13. The van der Waals surface area contributed by atoms with Crippen molar-refractivity contribution >= 4 is 18.9 Å². The number of halogens is 1. The SMILES string of the molecule is CO[Si](Cl)(OC)C1CC2CC1C1C3C=CC(C3)C21. The molecule has 0 radical (unpaired) electrons. The molecule has 0 aliphatic heterocycles. The van der Waals surface area contributed by atoms with E-state index in [1.807, 2.05) is 0 Å². The summed E-state index contributed by atoms with van der Waals surface area (Å²) in [6.07, 6.45) is 9.00. The van der Waals surface area contributed by atoms with Crippen LogP contribution in [0.25, 0.3) is 0 Å². The van der Waals surface area contributed by atoms with Crippen LogP contribution in [0.3, 0.4) is 0 Å². The largest absolute Gasteiger partial charge is 0.446 e. The minimum absolute atomic E-state index is 0.508. The van der Waals surface area contributed by atoms with E-state index in [0.29, 0.717) is 5.54 Å². The number of rotatable bonds is 3. The maximum Gasteiger partial charge on any atom is 0.446 e. The van der Waals surface area contributed by atoms with Gasteiger partial charge in [0, 0.05) is 19.8 Å². The summed E-state index contributed by atoms with van der Waals surface area (Å²) in [6.45, 7) is 0. The van der Waals surface area contributed by atoms with Crippen LogP contribution >= 0.6 is 11.1 Å². The van der Waals surface area contributed by atoms with Crippen molar-refractivity contribution in [1.82, 2.24) is 0 Å². The molecule has 7 atom stereocenters. The second kappa shape index (κ2) is 3.84. The molecule has 4 heteroatoms. The van der Waals surface area contributed by atoms with Gasteiger partial charge in [-0.05, 0) is 54.8 Å². The lowest BCUT2D eigenvalue weighted by Crippen LogP contribution is -2.45. The maximum absolute atomic E-state index is 6.68. The van der Waals surface area contributed by atoms with Crippen molar-refractivity contribution in [3.63, 3.8) is 0 Å². The van der Waals surface area contributed by atoms with Crippen LogP contribution in [0.1, 0.15) is 19.3 Å². The molecule has 2 nitrogen and oxygen atoms in total. The van der Waals surface area contributed by atoms with Gasteiger partial charge in [-0.25, -0.2) is 0 Å².